The number of sulfonamides is 1. The lowest BCUT2D eigenvalue weighted by Gasteiger charge is -2.10. The van der Waals surface area contributed by atoms with Gasteiger partial charge in [-0.3, -0.25) is 14.5 Å². The average molecular weight is 392 g/mol. The zero-order valence-corrected chi connectivity index (χ0v) is 15.5. The first-order valence-corrected chi connectivity index (χ1v) is 9.78. The Morgan fingerprint density at radius 3 is 2.39 bits per heavy atom. The number of benzene rings is 2. The molecule has 7 nitrogen and oxygen atoms in total. The molecule has 3 aromatic rings. The fourth-order valence-electron chi connectivity index (χ4n) is 2.43. The predicted molar refractivity (Wildman–Crippen MR) is 104 cm³/mol. The Balaban J connectivity index is 1.71. The molecule has 0 saturated carbocycles. The van der Waals surface area contributed by atoms with Crippen LogP contribution in [0.15, 0.2) is 77.8 Å². The minimum atomic E-state index is -3.89. The van der Waals surface area contributed by atoms with E-state index in [0.717, 1.165) is 5.69 Å². The summed E-state index contributed by atoms with van der Waals surface area (Å²) in [5.41, 5.74) is 1.46. The summed E-state index contributed by atoms with van der Waals surface area (Å²) in [6.07, 6.45) is 1.64. The SMILES string of the molecule is N#Cc1ccccc1NS(=O)(=O)c1ccc(C(=O)NCc2ccccn2)cc1. The zero-order valence-electron chi connectivity index (χ0n) is 14.7. The topological polar surface area (TPSA) is 112 Å². The van der Waals surface area contributed by atoms with Crippen molar-refractivity contribution in [2.75, 3.05) is 4.72 Å². The van der Waals surface area contributed by atoms with Crippen molar-refractivity contribution in [3.05, 3.63) is 89.7 Å². The van der Waals surface area contributed by atoms with Crippen LogP contribution in [-0.2, 0) is 16.6 Å². The highest BCUT2D eigenvalue weighted by Crippen LogP contribution is 2.19. The summed E-state index contributed by atoms with van der Waals surface area (Å²) in [7, 11) is -3.89. The second kappa shape index (κ2) is 8.33. The molecule has 0 bridgehead atoms. The molecule has 2 aromatic carbocycles. The molecule has 1 amide bonds. The second-order valence-electron chi connectivity index (χ2n) is 5.79. The summed E-state index contributed by atoms with van der Waals surface area (Å²) in [6, 6.07) is 19.2. The number of hydrogen-bond donors (Lipinski definition) is 2. The lowest BCUT2D eigenvalue weighted by molar-refractivity contribution is 0.0950. The zero-order chi connectivity index (χ0) is 20.0. The van der Waals surface area contributed by atoms with Crippen LogP contribution >= 0.6 is 0 Å². The molecule has 2 N–H and O–H groups in total. The van der Waals surface area contributed by atoms with E-state index in [1.165, 1.54) is 36.4 Å². The minimum absolute atomic E-state index is 0.0125. The van der Waals surface area contributed by atoms with E-state index >= 15 is 0 Å². The molecule has 0 atom stereocenters. The molecule has 0 unspecified atom stereocenters. The van der Waals surface area contributed by atoms with Crippen LogP contribution in [0.2, 0.25) is 0 Å². The Hall–Kier alpha value is -3.70. The third-order valence-corrected chi connectivity index (χ3v) is 5.26. The Morgan fingerprint density at radius 1 is 1.00 bits per heavy atom. The number of aromatic nitrogens is 1. The quantitative estimate of drug-likeness (QED) is 0.670. The maximum Gasteiger partial charge on any atom is 0.261 e. The molecule has 3 rings (SSSR count). The molecule has 28 heavy (non-hydrogen) atoms. The Labute approximate surface area is 162 Å². The van der Waals surface area contributed by atoms with Crippen LogP contribution in [-0.4, -0.2) is 19.3 Å². The van der Waals surface area contributed by atoms with Crippen molar-refractivity contribution < 1.29 is 13.2 Å². The maximum absolute atomic E-state index is 12.5. The standard InChI is InChI=1S/C20H16N4O3S/c21-13-16-5-1-2-7-19(16)24-28(26,27)18-10-8-15(9-11-18)20(25)23-14-17-6-3-4-12-22-17/h1-12,24H,14H2,(H,23,25). The van der Waals surface area contributed by atoms with Gasteiger partial charge in [0.1, 0.15) is 6.07 Å². The number of nitriles is 1. The summed E-state index contributed by atoms with van der Waals surface area (Å²) in [4.78, 5) is 16.3. The van der Waals surface area contributed by atoms with Gasteiger partial charge in [0, 0.05) is 11.8 Å². The van der Waals surface area contributed by atoms with E-state index in [-0.39, 0.29) is 28.6 Å². The van der Waals surface area contributed by atoms with Crippen molar-refractivity contribution in [1.82, 2.24) is 10.3 Å². The van der Waals surface area contributed by atoms with E-state index in [0.29, 0.717) is 5.56 Å². The van der Waals surface area contributed by atoms with Crippen LogP contribution in [0.4, 0.5) is 5.69 Å². The van der Waals surface area contributed by atoms with Crippen molar-refractivity contribution in [3.63, 3.8) is 0 Å². The molecule has 0 spiro atoms. The normalized spacial score (nSPS) is 10.7. The third kappa shape index (κ3) is 4.52. The van der Waals surface area contributed by atoms with Gasteiger partial charge in [-0.25, -0.2) is 8.42 Å². The van der Waals surface area contributed by atoms with Gasteiger partial charge < -0.3 is 5.32 Å². The van der Waals surface area contributed by atoms with Crippen LogP contribution in [0.1, 0.15) is 21.6 Å². The number of amides is 1. The lowest BCUT2D eigenvalue weighted by Crippen LogP contribution is -2.23. The van der Waals surface area contributed by atoms with Crippen LogP contribution < -0.4 is 10.0 Å². The number of nitrogens with one attached hydrogen (secondary N) is 2. The highest BCUT2D eigenvalue weighted by molar-refractivity contribution is 7.92. The number of pyridine rings is 1. The number of anilines is 1. The number of nitrogens with zero attached hydrogens (tertiary/aromatic N) is 2. The molecular formula is C20H16N4O3S. The molecule has 0 radical (unpaired) electrons. The van der Waals surface area contributed by atoms with Crippen LogP contribution in [0.25, 0.3) is 0 Å². The van der Waals surface area contributed by atoms with E-state index in [1.54, 1.807) is 30.5 Å². The van der Waals surface area contributed by atoms with E-state index in [4.69, 9.17) is 5.26 Å². The smallest absolute Gasteiger partial charge is 0.261 e. The summed E-state index contributed by atoms with van der Waals surface area (Å²) < 4.78 is 27.5. The Bertz CT molecular complexity index is 1120. The highest BCUT2D eigenvalue weighted by atomic mass is 32.2. The van der Waals surface area contributed by atoms with Gasteiger partial charge in [0.05, 0.1) is 28.4 Å². The third-order valence-electron chi connectivity index (χ3n) is 3.87. The molecule has 0 saturated heterocycles. The number of rotatable bonds is 6. The van der Waals surface area contributed by atoms with Crippen molar-refractivity contribution in [3.8, 4) is 6.07 Å². The lowest BCUT2D eigenvalue weighted by atomic mass is 10.2. The van der Waals surface area contributed by atoms with Gasteiger partial charge in [-0.05, 0) is 48.5 Å². The first-order chi connectivity index (χ1) is 13.5. The fraction of sp³-hybridized carbons (Fsp3) is 0.0500. The summed E-state index contributed by atoms with van der Waals surface area (Å²) in [5.74, 6) is -0.336. The van der Waals surface area contributed by atoms with Gasteiger partial charge in [0.15, 0.2) is 0 Å². The molecule has 8 heteroatoms. The van der Waals surface area contributed by atoms with Gasteiger partial charge >= 0.3 is 0 Å². The number of hydrogen-bond acceptors (Lipinski definition) is 5. The Morgan fingerprint density at radius 2 is 1.71 bits per heavy atom. The van der Waals surface area contributed by atoms with Crippen LogP contribution in [0.5, 0.6) is 0 Å². The van der Waals surface area contributed by atoms with Crippen molar-refractivity contribution >= 4 is 21.6 Å². The van der Waals surface area contributed by atoms with Crippen molar-refractivity contribution in [2.24, 2.45) is 0 Å². The minimum Gasteiger partial charge on any atom is -0.346 e. The van der Waals surface area contributed by atoms with Crippen molar-refractivity contribution in [1.29, 1.82) is 5.26 Å². The molecular weight excluding hydrogens is 376 g/mol. The van der Waals surface area contributed by atoms with Gasteiger partial charge in [0.25, 0.3) is 15.9 Å². The largest absolute Gasteiger partial charge is 0.346 e. The summed E-state index contributed by atoms with van der Waals surface area (Å²) in [6.45, 7) is 0.270. The molecule has 0 aliphatic heterocycles. The molecule has 1 aromatic heterocycles. The average Bonchev–Trinajstić information content (AvgIpc) is 2.73. The maximum atomic E-state index is 12.5. The van der Waals surface area contributed by atoms with Gasteiger partial charge in [0.2, 0.25) is 0 Å². The van der Waals surface area contributed by atoms with E-state index < -0.39 is 10.0 Å². The molecule has 1 heterocycles. The highest BCUT2D eigenvalue weighted by Gasteiger charge is 2.16. The fourth-order valence-corrected chi connectivity index (χ4v) is 3.51. The second-order valence-corrected chi connectivity index (χ2v) is 7.47. The van der Waals surface area contributed by atoms with Gasteiger partial charge in [-0.2, -0.15) is 5.26 Å². The first kappa shape index (κ1) is 19.1. The predicted octanol–water partition coefficient (Wildman–Crippen LogP) is 2.68. The van der Waals surface area contributed by atoms with E-state index in [9.17, 15) is 13.2 Å². The summed E-state index contributed by atoms with van der Waals surface area (Å²) in [5, 5.41) is 11.8. The molecule has 140 valence electrons. The summed E-state index contributed by atoms with van der Waals surface area (Å²) >= 11 is 0. The van der Waals surface area contributed by atoms with Gasteiger partial charge in [-0.15, -0.1) is 0 Å². The number of para-hydroxylation sites is 1. The van der Waals surface area contributed by atoms with E-state index in [2.05, 4.69) is 15.0 Å². The molecule has 0 aliphatic carbocycles. The first-order valence-electron chi connectivity index (χ1n) is 8.30. The molecule has 0 aliphatic rings. The number of carbonyl (C=O) groups is 1. The monoisotopic (exact) mass is 392 g/mol. The number of carbonyl (C=O) groups excluding carboxylic acids is 1. The van der Waals surface area contributed by atoms with Gasteiger partial charge in [-0.1, -0.05) is 18.2 Å². The van der Waals surface area contributed by atoms with E-state index in [1.807, 2.05) is 12.1 Å². The molecule has 0 fully saturated rings. The van der Waals surface area contributed by atoms with Crippen LogP contribution in [0, 0.1) is 11.3 Å². The Kier molecular flexibility index (Phi) is 5.67. The van der Waals surface area contributed by atoms with Crippen LogP contribution in [0.3, 0.4) is 0 Å². The van der Waals surface area contributed by atoms with Crippen molar-refractivity contribution in [2.45, 2.75) is 11.4 Å².